The van der Waals surface area contributed by atoms with Crippen LogP contribution in [0.15, 0.2) is 24.3 Å². The minimum Gasteiger partial charge on any atom is -0.497 e. The third-order valence-corrected chi connectivity index (χ3v) is 3.72. The van der Waals surface area contributed by atoms with Gasteiger partial charge in [0.2, 0.25) is 0 Å². The Kier molecular flexibility index (Phi) is 5.24. The van der Waals surface area contributed by atoms with Crippen LogP contribution in [0.3, 0.4) is 0 Å². The molecule has 2 N–H and O–H groups in total. The van der Waals surface area contributed by atoms with Crippen LogP contribution in [0.1, 0.15) is 12.8 Å². The summed E-state index contributed by atoms with van der Waals surface area (Å²) in [5.74, 6) is 1.43. The topological polar surface area (TPSA) is 53.6 Å². The Morgan fingerprint density at radius 2 is 2.15 bits per heavy atom. The monoisotopic (exact) mass is 277 g/mol. The van der Waals surface area contributed by atoms with Crippen LogP contribution in [0.4, 0.5) is 10.5 Å². The van der Waals surface area contributed by atoms with Gasteiger partial charge in [-0.25, -0.2) is 4.79 Å². The fraction of sp³-hybridized carbons (Fsp3) is 0.533. The van der Waals surface area contributed by atoms with Crippen molar-refractivity contribution in [1.29, 1.82) is 0 Å². The second kappa shape index (κ2) is 7.14. The van der Waals surface area contributed by atoms with E-state index in [2.05, 4.69) is 10.6 Å². The van der Waals surface area contributed by atoms with Gasteiger partial charge in [0.15, 0.2) is 0 Å². The highest BCUT2D eigenvalue weighted by Gasteiger charge is 2.22. The van der Waals surface area contributed by atoms with E-state index in [9.17, 15) is 4.79 Å². The Labute approximate surface area is 120 Å². The zero-order valence-corrected chi connectivity index (χ0v) is 12.2. The Bertz CT molecular complexity index is 442. The molecule has 2 amide bonds. The van der Waals surface area contributed by atoms with Crippen LogP contribution in [-0.2, 0) is 0 Å². The zero-order valence-electron chi connectivity index (χ0n) is 12.2. The molecule has 1 heterocycles. The molecule has 20 heavy (non-hydrogen) atoms. The van der Waals surface area contributed by atoms with Crippen LogP contribution in [-0.4, -0.2) is 44.7 Å². The predicted molar refractivity (Wildman–Crippen MR) is 80.2 cm³/mol. The van der Waals surface area contributed by atoms with Crippen molar-refractivity contribution in [2.24, 2.45) is 5.92 Å². The number of amides is 2. The van der Waals surface area contributed by atoms with Crippen LogP contribution < -0.4 is 15.4 Å². The summed E-state index contributed by atoms with van der Waals surface area (Å²) in [6, 6.07) is 7.40. The first-order valence-electron chi connectivity index (χ1n) is 7.07. The van der Waals surface area contributed by atoms with Gasteiger partial charge in [-0.3, -0.25) is 0 Å². The molecule has 0 bridgehead atoms. The number of hydrogen-bond acceptors (Lipinski definition) is 3. The van der Waals surface area contributed by atoms with Crippen LogP contribution in [0.5, 0.6) is 5.75 Å². The van der Waals surface area contributed by atoms with E-state index in [1.807, 2.05) is 36.2 Å². The average Bonchev–Trinajstić information content (AvgIpc) is 2.48. The highest BCUT2D eigenvalue weighted by molar-refractivity contribution is 5.89. The van der Waals surface area contributed by atoms with Gasteiger partial charge in [0, 0.05) is 24.8 Å². The SMILES string of the molecule is CNCC1CCN(C(=O)Nc2cccc(OC)c2)CC1. The lowest BCUT2D eigenvalue weighted by molar-refractivity contribution is 0.182. The van der Waals surface area contributed by atoms with E-state index in [4.69, 9.17) is 4.74 Å². The van der Waals surface area contributed by atoms with Crippen molar-refractivity contribution in [2.45, 2.75) is 12.8 Å². The number of carbonyl (C=O) groups excluding carboxylic acids is 1. The van der Waals surface area contributed by atoms with Crippen molar-refractivity contribution in [3.05, 3.63) is 24.3 Å². The highest BCUT2D eigenvalue weighted by Crippen LogP contribution is 2.19. The molecule has 1 aromatic carbocycles. The summed E-state index contributed by atoms with van der Waals surface area (Å²) in [5.41, 5.74) is 0.770. The molecule has 1 saturated heterocycles. The first kappa shape index (κ1) is 14.7. The lowest BCUT2D eigenvalue weighted by Crippen LogP contribution is -2.42. The van der Waals surface area contributed by atoms with Gasteiger partial charge in [-0.05, 0) is 44.5 Å². The van der Waals surface area contributed by atoms with E-state index >= 15 is 0 Å². The molecule has 0 atom stereocenters. The van der Waals surface area contributed by atoms with E-state index in [-0.39, 0.29) is 6.03 Å². The normalized spacial score (nSPS) is 16.0. The van der Waals surface area contributed by atoms with Crippen molar-refractivity contribution >= 4 is 11.7 Å². The fourth-order valence-corrected chi connectivity index (χ4v) is 2.53. The molecule has 1 fully saturated rings. The molecule has 0 radical (unpaired) electrons. The third kappa shape index (κ3) is 3.87. The van der Waals surface area contributed by atoms with Gasteiger partial charge in [0.1, 0.15) is 5.75 Å². The summed E-state index contributed by atoms with van der Waals surface area (Å²) in [5, 5.41) is 6.13. The summed E-state index contributed by atoms with van der Waals surface area (Å²) < 4.78 is 5.15. The number of ether oxygens (including phenoxy) is 1. The number of hydrogen-bond donors (Lipinski definition) is 2. The molecule has 0 aromatic heterocycles. The maximum atomic E-state index is 12.2. The second-order valence-electron chi connectivity index (χ2n) is 5.15. The van der Waals surface area contributed by atoms with E-state index in [0.717, 1.165) is 43.9 Å². The van der Waals surface area contributed by atoms with Crippen LogP contribution in [0.2, 0.25) is 0 Å². The van der Waals surface area contributed by atoms with E-state index < -0.39 is 0 Å². The number of benzene rings is 1. The fourth-order valence-electron chi connectivity index (χ4n) is 2.53. The lowest BCUT2D eigenvalue weighted by Gasteiger charge is -2.31. The first-order valence-corrected chi connectivity index (χ1v) is 7.07. The van der Waals surface area contributed by atoms with E-state index in [0.29, 0.717) is 5.92 Å². The summed E-state index contributed by atoms with van der Waals surface area (Å²) in [7, 11) is 3.59. The smallest absolute Gasteiger partial charge is 0.321 e. The van der Waals surface area contributed by atoms with Gasteiger partial charge < -0.3 is 20.3 Å². The number of anilines is 1. The number of nitrogens with one attached hydrogen (secondary N) is 2. The van der Waals surface area contributed by atoms with Crippen LogP contribution in [0.25, 0.3) is 0 Å². The lowest BCUT2D eigenvalue weighted by atomic mass is 9.97. The molecular formula is C15H23N3O2. The quantitative estimate of drug-likeness (QED) is 0.886. The number of urea groups is 1. The van der Waals surface area contributed by atoms with Gasteiger partial charge in [-0.2, -0.15) is 0 Å². The van der Waals surface area contributed by atoms with Crippen molar-refractivity contribution in [3.63, 3.8) is 0 Å². The molecule has 5 heteroatoms. The van der Waals surface area contributed by atoms with Gasteiger partial charge in [-0.1, -0.05) is 6.07 Å². The number of likely N-dealkylation sites (tertiary alicyclic amines) is 1. The molecule has 1 aromatic rings. The number of rotatable bonds is 4. The van der Waals surface area contributed by atoms with Gasteiger partial charge in [-0.15, -0.1) is 0 Å². The molecule has 110 valence electrons. The number of piperidine rings is 1. The van der Waals surface area contributed by atoms with Crippen molar-refractivity contribution < 1.29 is 9.53 Å². The Balaban J connectivity index is 1.86. The number of carbonyl (C=O) groups is 1. The predicted octanol–water partition coefficient (Wildman–Crippen LogP) is 2.16. The molecule has 0 aliphatic carbocycles. The standard InChI is InChI=1S/C15H23N3O2/c1-16-11-12-6-8-18(9-7-12)15(19)17-13-4-3-5-14(10-13)20-2/h3-5,10,12,16H,6-9,11H2,1-2H3,(H,17,19). The van der Waals surface area contributed by atoms with Crippen LogP contribution in [0, 0.1) is 5.92 Å². The van der Waals surface area contributed by atoms with E-state index in [1.54, 1.807) is 7.11 Å². The minimum absolute atomic E-state index is 0.0267. The summed E-state index contributed by atoms with van der Waals surface area (Å²) in [4.78, 5) is 14.1. The molecule has 0 spiro atoms. The molecule has 1 aliphatic rings. The van der Waals surface area contributed by atoms with Gasteiger partial charge in [0.05, 0.1) is 7.11 Å². The summed E-state index contributed by atoms with van der Waals surface area (Å²) in [6.07, 6.45) is 2.12. The highest BCUT2D eigenvalue weighted by atomic mass is 16.5. The van der Waals surface area contributed by atoms with Crippen LogP contribution >= 0.6 is 0 Å². The largest absolute Gasteiger partial charge is 0.497 e. The average molecular weight is 277 g/mol. The molecule has 2 rings (SSSR count). The summed E-state index contributed by atoms with van der Waals surface area (Å²) in [6.45, 7) is 2.68. The molecule has 0 saturated carbocycles. The minimum atomic E-state index is -0.0267. The van der Waals surface area contributed by atoms with Crippen molar-refractivity contribution in [3.8, 4) is 5.75 Å². The Morgan fingerprint density at radius 1 is 1.40 bits per heavy atom. The molecular weight excluding hydrogens is 254 g/mol. The Hall–Kier alpha value is -1.75. The third-order valence-electron chi connectivity index (χ3n) is 3.72. The van der Waals surface area contributed by atoms with Crippen molar-refractivity contribution in [2.75, 3.05) is 39.1 Å². The summed E-state index contributed by atoms with van der Waals surface area (Å²) >= 11 is 0. The van der Waals surface area contributed by atoms with Gasteiger partial charge >= 0.3 is 6.03 Å². The maximum absolute atomic E-state index is 12.2. The Morgan fingerprint density at radius 3 is 2.80 bits per heavy atom. The van der Waals surface area contributed by atoms with E-state index in [1.165, 1.54) is 0 Å². The molecule has 0 unspecified atom stereocenters. The molecule has 5 nitrogen and oxygen atoms in total. The molecule has 1 aliphatic heterocycles. The second-order valence-corrected chi connectivity index (χ2v) is 5.15. The van der Waals surface area contributed by atoms with Crippen molar-refractivity contribution in [1.82, 2.24) is 10.2 Å². The first-order chi connectivity index (χ1) is 9.72. The van der Waals surface area contributed by atoms with Gasteiger partial charge in [0.25, 0.3) is 0 Å². The number of methoxy groups -OCH3 is 1. The maximum Gasteiger partial charge on any atom is 0.321 e. The zero-order chi connectivity index (χ0) is 14.4. The number of nitrogens with zero attached hydrogens (tertiary/aromatic N) is 1.